The second-order valence-electron chi connectivity index (χ2n) is 8.96. The van der Waals surface area contributed by atoms with Crippen LogP contribution in [0.3, 0.4) is 0 Å². The van der Waals surface area contributed by atoms with Crippen LogP contribution >= 0.6 is 0 Å². The summed E-state index contributed by atoms with van der Waals surface area (Å²) in [6.07, 6.45) is 5.51. The number of nitrogens with zero attached hydrogens (tertiary/aromatic N) is 8. The van der Waals surface area contributed by atoms with Crippen LogP contribution in [0.15, 0.2) is 48.9 Å². The summed E-state index contributed by atoms with van der Waals surface area (Å²) in [5, 5.41) is 9.02. The number of fused-ring (bicyclic) bond motifs is 1. The van der Waals surface area contributed by atoms with E-state index in [0.29, 0.717) is 23.0 Å². The molecule has 1 saturated heterocycles. The van der Waals surface area contributed by atoms with Gasteiger partial charge in [0.1, 0.15) is 11.5 Å². The zero-order valence-corrected chi connectivity index (χ0v) is 19.7. The minimum absolute atomic E-state index is 0.0152. The molecule has 4 aromatic heterocycles. The molecule has 0 N–H and O–H groups in total. The minimum atomic E-state index is 0.0152. The van der Waals surface area contributed by atoms with Gasteiger partial charge in [0, 0.05) is 62.6 Å². The third-order valence-electron chi connectivity index (χ3n) is 6.27. The Labute approximate surface area is 198 Å². The standard InChI is InChI=1S/C25H28N8O/c1-17(2)32-8-10-33(11-9-32)25-12-18(6-7-26-25)24(34)14-20-13-22-19(15-27-20)4-5-21(28-22)23-16-31(3)30-29-23/h4-7,12-13,15-17H,8-11,14H2,1-3H3. The summed E-state index contributed by atoms with van der Waals surface area (Å²) in [6.45, 7) is 8.27. The lowest BCUT2D eigenvalue weighted by atomic mass is 10.1. The van der Waals surface area contributed by atoms with Crippen LogP contribution in [0.2, 0.25) is 0 Å². The first-order valence-electron chi connectivity index (χ1n) is 11.6. The van der Waals surface area contributed by atoms with Gasteiger partial charge in [-0.2, -0.15) is 0 Å². The number of anilines is 1. The summed E-state index contributed by atoms with van der Waals surface area (Å²) in [4.78, 5) is 31.5. The summed E-state index contributed by atoms with van der Waals surface area (Å²) >= 11 is 0. The van der Waals surface area contributed by atoms with Crippen molar-refractivity contribution in [3.63, 3.8) is 0 Å². The molecular formula is C25H28N8O. The van der Waals surface area contributed by atoms with Gasteiger partial charge in [-0.05, 0) is 44.2 Å². The largest absolute Gasteiger partial charge is 0.354 e. The first-order chi connectivity index (χ1) is 16.5. The molecule has 5 rings (SSSR count). The van der Waals surface area contributed by atoms with Crippen LogP contribution in [-0.4, -0.2) is 72.8 Å². The van der Waals surface area contributed by atoms with Gasteiger partial charge >= 0.3 is 0 Å². The summed E-state index contributed by atoms with van der Waals surface area (Å²) in [7, 11) is 1.82. The van der Waals surface area contributed by atoms with Crippen LogP contribution in [0.4, 0.5) is 5.82 Å². The summed E-state index contributed by atoms with van der Waals surface area (Å²) in [6, 6.07) is 9.96. The van der Waals surface area contributed by atoms with Crippen LogP contribution in [0, 0.1) is 0 Å². The topological polar surface area (TPSA) is 92.9 Å². The molecule has 9 nitrogen and oxygen atoms in total. The highest BCUT2D eigenvalue weighted by Gasteiger charge is 2.20. The number of hydrogen-bond acceptors (Lipinski definition) is 8. The van der Waals surface area contributed by atoms with E-state index >= 15 is 0 Å². The van der Waals surface area contributed by atoms with Gasteiger partial charge in [0.15, 0.2) is 5.78 Å². The van der Waals surface area contributed by atoms with Gasteiger partial charge in [-0.25, -0.2) is 9.97 Å². The molecular weight excluding hydrogens is 428 g/mol. The molecule has 0 aromatic carbocycles. The molecule has 0 spiro atoms. The minimum Gasteiger partial charge on any atom is -0.354 e. The first-order valence-corrected chi connectivity index (χ1v) is 11.6. The number of ketones is 1. The molecule has 1 fully saturated rings. The Bertz CT molecular complexity index is 1320. The molecule has 5 heterocycles. The van der Waals surface area contributed by atoms with Gasteiger partial charge in [0.25, 0.3) is 0 Å². The molecule has 0 atom stereocenters. The fraction of sp³-hybridized carbons (Fsp3) is 0.360. The maximum absolute atomic E-state index is 13.1. The third kappa shape index (κ3) is 4.65. The molecule has 0 aliphatic carbocycles. The Morgan fingerprint density at radius 3 is 2.59 bits per heavy atom. The second-order valence-corrected chi connectivity index (χ2v) is 8.96. The normalized spacial score (nSPS) is 14.8. The highest BCUT2D eigenvalue weighted by molar-refractivity contribution is 5.98. The fourth-order valence-electron chi connectivity index (χ4n) is 4.26. The number of carbonyl (C=O) groups excluding carboxylic acids is 1. The zero-order valence-electron chi connectivity index (χ0n) is 19.7. The third-order valence-corrected chi connectivity index (χ3v) is 6.27. The van der Waals surface area contributed by atoms with Crippen LogP contribution in [0.1, 0.15) is 29.9 Å². The molecule has 4 aromatic rings. The number of hydrogen-bond donors (Lipinski definition) is 0. The number of rotatable bonds is 6. The van der Waals surface area contributed by atoms with Crippen LogP contribution < -0.4 is 4.90 Å². The van der Waals surface area contributed by atoms with Crippen molar-refractivity contribution >= 4 is 22.5 Å². The van der Waals surface area contributed by atoms with E-state index in [4.69, 9.17) is 4.98 Å². The second kappa shape index (κ2) is 9.26. The van der Waals surface area contributed by atoms with Crippen molar-refractivity contribution in [1.82, 2.24) is 34.8 Å². The number of pyridine rings is 3. The molecule has 0 bridgehead atoms. The number of aryl methyl sites for hydroxylation is 1. The first kappa shape index (κ1) is 22.1. The Hall–Kier alpha value is -3.72. The predicted octanol–water partition coefficient (Wildman–Crippen LogP) is 2.78. The molecule has 0 amide bonds. The van der Waals surface area contributed by atoms with Crippen molar-refractivity contribution in [3.8, 4) is 11.4 Å². The lowest BCUT2D eigenvalue weighted by molar-refractivity contribution is 0.0992. The number of Topliss-reactive ketones (excluding diaryl/α,β-unsaturated/α-hetero) is 1. The van der Waals surface area contributed by atoms with Gasteiger partial charge in [-0.1, -0.05) is 5.21 Å². The number of piperazine rings is 1. The molecule has 0 radical (unpaired) electrons. The Morgan fingerprint density at radius 1 is 1.03 bits per heavy atom. The highest BCUT2D eigenvalue weighted by atomic mass is 16.1. The van der Waals surface area contributed by atoms with Crippen molar-refractivity contribution in [1.29, 1.82) is 0 Å². The number of carbonyl (C=O) groups is 1. The Morgan fingerprint density at radius 2 is 1.85 bits per heavy atom. The van der Waals surface area contributed by atoms with E-state index in [9.17, 15) is 4.79 Å². The fourth-order valence-corrected chi connectivity index (χ4v) is 4.26. The summed E-state index contributed by atoms with van der Waals surface area (Å²) in [5.41, 5.74) is 3.56. The lowest BCUT2D eigenvalue weighted by Gasteiger charge is -2.37. The van der Waals surface area contributed by atoms with Crippen molar-refractivity contribution in [2.45, 2.75) is 26.3 Å². The van der Waals surface area contributed by atoms with E-state index < -0.39 is 0 Å². The average Bonchev–Trinajstić information content (AvgIpc) is 3.30. The molecule has 174 valence electrons. The van der Waals surface area contributed by atoms with Gasteiger partial charge < -0.3 is 4.90 Å². The van der Waals surface area contributed by atoms with E-state index in [1.807, 2.05) is 37.5 Å². The van der Waals surface area contributed by atoms with Crippen LogP contribution in [0.5, 0.6) is 0 Å². The molecule has 1 aliphatic heterocycles. The van der Waals surface area contributed by atoms with Crippen molar-refractivity contribution < 1.29 is 4.79 Å². The van der Waals surface area contributed by atoms with Gasteiger partial charge in [-0.15, -0.1) is 5.10 Å². The zero-order chi connectivity index (χ0) is 23.7. The van der Waals surface area contributed by atoms with Crippen molar-refractivity contribution in [3.05, 3.63) is 60.2 Å². The lowest BCUT2D eigenvalue weighted by Crippen LogP contribution is -2.49. The van der Waals surface area contributed by atoms with Crippen LogP contribution in [-0.2, 0) is 13.5 Å². The summed E-state index contributed by atoms with van der Waals surface area (Å²) < 4.78 is 1.64. The van der Waals surface area contributed by atoms with E-state index in [1.54, 1.807) is 23.1 Å². The quantitative estimate of drug-likeness (QED) is 0.409. The molecule has 34 heavy (non-hydrogen) atoms. The monoisotopic (exact) mass is 456 g/mol. The Kier molecular flexibility index (Phi) is 6.02. The number of aromatic nitrogens is 6. The Balaban J connectivity index is 1.32. The van der Waals surface area contributed by atoms with E-state index in [1.165, 1.54) is 0 Å². The van der Waals surface area contributed by atoms with E-state index in [-0.39, 0.29) is 12.2 Å². The predicted molar refractivity (Wildman–Crippen MR) is 131 cm³/mol. The summed E-state index contributed by atoms with van der Waals surface area (Å²) in [5.74, 6) is 0.873. The molecule has 0 saturated carbocycles. The molecule has 1 aliphatic rings. The van der Waals surface area contributed by atoms with Gasteiger partial charge in [-0.3, -0.25) is 19.4 Å². The highest BCUT2D eigenvalue weighted by Crippen LogP contribution is 2.21. The van der Waals surface area contributed by atoms with E-state index in [2.05, 4.69) is 43.9 Å². The average molecular weight is 457 g/mol. The SMILES string of the molecule is CC(C)N1CCN(c2cc(C(=O)Cc3cc4nc(-c5cn(C)nn5)ccc4cn3)ccn2)CC1. The van der Waals surface area contributed by atoms with E-state index in [0.717, 1.165) is 48.6 Å². The molecule has 0 unspecified atom stereocenters. The van der Waals surface area contributed by atoms with Crippen molar-refractivity contribution in [2.24, 2.45) is 7.05 Å². The maximum Gasteiger partial charge on any atom is 0.169 e. The smallest absolute Gasteiger partial charge is 0.169 e. The maximum atomic E-state index is 13.1. The van der Waals surface area contributed by atoms with Gasteiger partial charge in [0.05, 0.1) is 29.5 Å². The molecule has 9 heteroatoms. The van der Waals surface area contributed by atoms with Crippen molar-refractivity contribution in [2.75, 3.05) is 31.1 Å². The van der Waals surface area contributed by atoms with Crippen LogP contribution in [0.25, 0.3) is 22.3 Å². The van der Waals surface area contributed by atoms with Gasteiger partial charge in [0.2, 0.25) is 0 Å².